The van der Waals surface area contributed by atoms with E-state index < -0.39 is 26.8 Å². The summed E-state index contributed by atoms with van der Waals surface area (Å²) in [7, 11) is 0. The Hall–Kier alpha value is -1.96. The molecule has 2 unspecified atom stereocenters. The van der Waals surface area contributed by atoms with Crippen LogP contribution in [0.5, 0.6) is 0 Å². The van der Waals surface area contributed by atoms with Crippen molar-refractivity contribution in [2.45, 2.75) is 33.2 Å². The molecular weight excluding hydrogens is 599 g/mol. The zero-order chi connectivity index (χ0) is 24.5. The molecule has 0 aliphatic heterocycles. The molecule has 0 nitrogen and oxygen atoms in total. The van der Waals surface area contributed by atoms with Crippen molar-refractivity contribution in [1.29, 1.82) is 0 Å². The predicted molar refractivity (Wildman–Crippen MR) is 155 cm³/mol. The van der Waals surface area contributed by atoms with Crippen molar-refractivity contribution >= 4 is 29.2 Å². The number of benzene rings is 4. The van der Waals surface area contributed by atoms with Gasteiger partial charge in [0.2, 0.25) is 0 Å². The Morgan fingerprint density at radius 3 is 1.29 bits per heavy atom. The monoisotopic (exact) mass is 629 g/mol. The third-order valence-electron chi connectivity index (χ3n) is 8.20. The molecule has 0 N–H and O–H groups in total. The molecule has 4 heteroatoms. The van der Waals surface area contributed by atoms with E-state index in [1.54, 1.807) is 22.3 Å². The normalized spacial score (nSPS) is 17.0. The summed E-state index contributed by atoms with van der Waals surface area (Å²) in [5.74, 6) is -0.940. The van der Waals surface area contributed by atoms with Crippen LogP contribution >= 0.6 is 0 Å². The zero-order valence-corrected chi connectivity index (χ0v) is 27.1. The first-order valence-electron chi connectivity index (χ1n) is 13.4. The SMILES string of the molecule is CC[SiH](CC)[Zr+2]([CH]1C(c2ccccc2)=Cc2ccccc21)[CH]1C(c2ccccc2)=Cc2ccccc21.[Cl-].[Cl-]. The molecule has 0 aromatic heterocycles. The van der Waals surface area contributed by atoms with E-state index in [2.05, 4.69) is 135 Å². The molecule has 6 rings (SSSR count). The fraction of sp³-hybridized carbons (Fsp3) is 0.176. The smallest absolute Gasteiger partial charge is 1.00 e. The van der Waals surface area contributed by atoms with Crippen LogP contribution in [0.15, 0.2) is 109 Å². The van der Waals surface area contributed by atoms with E-state index in [4.69, 9.17) is 0 Å². The summed E-state index contributed by atoms with van der Waals surface area (Å²) in [6, 6.07) is 44.0. The summed E-state index contributed by atoms with van der Waals surface area (Å²) in [5, 5.41) is 0. The van der Waals surface area contributed by atoms with Crippen LogP contribution in [0.4, 0.5) is 0 Å². The number of fused-ring (bicyclic) bond motifs is 2. The minimum Gasteiger partial charge on any atom is -1.00 e. The van der Waals surface area contributed by atoms with Gasteiger partial charge in [0.05, 0.1) is 0 Å². The minimum atomic E-state index is -2.21. The number of halogens is 2. The molecule has 2 aliphatic rings. The molecular formula is C34H33Cl2SiZr. The van der Waals surface area contributed by atoms with Gasteiger partial charge in [-0.3, -0.25) is 0 Å². The van der Waals surface area contributed by atoms with Crippen molar-refractivity contribution in [1.82, 2.24) is 0 Å². The van der Waals surface area contributed by atoms with Crippen molar-refractivity contribution in [3.8, 4) is 0 Å². The minimum absolute atomic E-state index is 0. The van der Waals surface area contributed by atoms with Gasteiger partial charge in [0.25, 0.3) is 0 Å². The zero-order valence-electron chi connectivity index (χ0n) is 21.9. The maximum atomic E-state index is 2.54. The van der Waals surface area contributed by atoms with Gasteiger partial charge in [-0.2, -0.15) is 0 Å². The van der Waals surface area contributed by atoms with Crippen LogP contribution in [0.1, 0.15) is 54.5 Å². The van der Waals surface area contributed by atoms with Crippen molar-refractivity contribution in [3.05, 3.63) is 143 Å². The fourth-order valence-electron chi connectivity index (χ4n) is 6.52. The maximum Gasteiger partial charge on any atom is -1.00 e. The summed E-state index contributed by atoms with van der Waals surface area (Å²) in [6.45, 7) is 5.00. The van der Waals surface area contributed by atoms with E-state index in [1.807, 2.05) is 0 Å². The second kappa shape index (κ2) is 12.9. The largest absolute Gasteiger partial charge is 1.00 e. The Kier molecular flexibility index (Phi) is 9.88. The molecule has 0 saturated heterocycles. The van der Waals surface area contributed by atoms with Gasteiger partial charge in [-0.25, -0.2) is 0 Å². The molecule has 2 atom stereocenters. The second-order valence-electron chi connectivity index (χ2n) is 10.1. The number of hydrogen-bond donors (Lipinski definition) is 0. The Morgan fingerprint density at radius 1 is 0.526 bits per heavy atom. The van der Waals surface area contributed by atoms with Gasteiger partial charge in [-0.1, -0.05) is 0 Å². The Balaban J connectivity index is 0.00000168. The third-order valence-corrected chi connectivity index (χ3v) is 34.4. The Labute approximate surface area is 249 Å². The van der Waals surface area contributed by atoms with E-state index in [0.29, 0.717) is 7.25 Å². The molecule has 0 fully saturated rings. The van der Waals surface area contributed by atoms with E-state index in [-0.39, 0.29) is 24.8 Å². The number of allylic oxidation sites excluding steroid dienone is 2. The first-order chi connectivity index (χ1) is 17.8. The maximum absolute atomic E-state index is 2.54. The molecule has 0 radical (unpaired) electrons. The first kappa shape index (κ1) is 29.0. The van der Waals surface area contributed by atoms with Crippen LogP contribution in [-0.4, -0.2) is 5.92 Å². The van der Waals surface area contributed by atoms with Gasteiger partial charge in [-0.15, -0.1) is 0 Å². The molecule has 0 bridgehead atoms. The van der Waals surface area contributed by atoms with Crippen molar-refractivity contribution in [2.75, 3.05) is 0 Å². The third kappa shape index (κ3) is 5.26. The molecule has 4 aromatic rings. The molecule has 38 heavy (non-hydrogen) atoms. The Bertz CT molecular complexity index is 1320. The standard InChI is InChI=1S/2C15H11.C4H11Si.2ClH.Zr/c2*1-2-6-12(7-3-1)15-10-13-8-4-5-9-14(13)11-15;1-3-5-4-2;;;/h2*1-11H;5H,3-4H2,1-2H3;2*1H;/q;;;;;+2/p-2. The van der Waals surface area contributed by atoms with E-state index >= 15 is 0 Å². The predicted octanol–water partition coefficient (Wildman–Crippen LogP) is 2.97. The van der Waals surface area contributed by atoms with E-state index in [1.165, 1.54) is 34.3 Å². The van der Waals surface area contributed by atoms with Crippen LogP contribution in [0.2, 0.25) is 12.1 Å². The molecule has 0 saturated carbocycles. The van der Waals surface area contributed by atoms with E-state index in [9.17, 15) is 0 Å². The van der Waals surface area contributed by atoms with E-state index in [0.717, 1.165) is 0 Å². The average Bonchev–Trinajstić information content (AvgIpc) is 3.52. The summed E-state index contributed by atoms with van der Waals surface area (Å²) in [4.78, 5) is 0. The summed E-state index contributed by atoms with van der Waals surface area (Å²) < 4.78 is 1.23. The van der Waals surface area contributed by atoms with Gasteiger partial charge < -0.3 is 24.8 Å². The van der Waals surface area contributed by atoms with Gasteiger partial charge in [0.15, 0.2) is 0 Å². The number of rotatable bonds is 7. The molecule has 0 heterocycles. The molecule has 0 spiro atoms. The van der Waals surface area contributed by atoms with Crippen LogP contribution in [0.25, 0.3) is 23.3 Å². The van der Waals surface area contributed by atoms with Crippen molar-refractivity contribution in [3.63, 3.8) is 0 Å². The van der Waals surface area contributed by atoms with Crippen molar-refractivity contribution < 1.29 is 45.7 Å². The van der Waals surface area contributed by atoms with Crippen LogP contribution < -0.4 is 24.8 Å². The number of hydrogen-bond acceptors (Lipinski definition) is 0. The van der Waals surface area contributed by atoms with Crippen LogP contribution in [0, 0.1) is 0 Å². The van der Waals surface area contributed by atoms with Crippen LogP contribution in [-0.2, 0) is 20.9 Å². The topological polar surface area (TPSA) is 0 Å². The quantitative estimate of drug-likeness (QED) is 0.276. The van der Waals surface area contributed by atoms with Gasteiger partial charge in [0.1, 0.15) is 0 Å². The fourth-order valence-corrected chi connectivity index (χ4v) is 34.0. The molecule has 4 aromatic carbocycles. The summed E-state index contributed by atoms with van der Waals surface area (Å²) in [6.07, 6.45) is 5.08. The van der Waals surface area contributed by atoms with Gasteiger partial charge in [0, 0.05) is 0 Å². The molecule has 0 amide bonds. The van der Waals surface area contributed by atoms with Crippen LogP contribution in [0.3, 0.4) is 0 Å². The second-order valence-corrected chi connectivity index (χ2v) is 28.4. The van der Waals surface area contributed by atoms with Gasteiger partial charge in [-0.05, 0) is 0 Å². The summed E-state index contributed by atoms with van der Waals surface area (Å²) >= 11 is -2.21. The summed E-state index contributed by atoms with van der Waals surface area (Å²) in [5.41, 5.74) is 12.2. The van der Waals surface area contributed by atoms with Gasteiger partial charge >= 0.3 is 226 Å². The van der Waals surface area contributed by atoms with Crippen molar-refractivity contribution in [2.24, 2.45) is 0 Å². The first-order valence-corrected chi connectivity index (χ1v) is 22.7. The molecule has 2 aliphatic carbocycles. The average molecular weight is 632 g/mol. The molecule has 191 valence electrons. The Morgan fingerprint density at radius 2 is 0.895 bits per heavy atom.